The van der Waals surface area contributed by atoms with E-state index in [0.29, 0.717) is 0 Å². The number of aromatic nitrogens is 3. The van der Waals surface area contributed by atoms with Crippen molar-refractivity contribution in [3.05, 3.63) is 79.5 Å². The van der Waals surface area contributed by atoms with Crippen molar-refractivity contribution in [2.24, 2.45) is 0 Å². The first kappa shape index (κ1) is 19.2. The Hall–Kier alpha value is -2.81. The van der Waals surface area contributed by atoms with Crippen LogP contribution >= 0.6 is 0 Å². The van der Waals surface area contributed by atoms with Crippen LogP contribution in [0.3, 0.4) is 0 Å². The van der Waals surface area contributed by atoms with Gasteiger partial charge in [0.05, 0.1) is 5.52 Å². The number of hydrogen-bond donors (Lipinski definition) is 0. The maximum Gasteiger partial charge on any atom is 0.116 e. The summed E-state index contributed by atoms with van der Waals surface area (Å²) < 4.78 is 0. The molecule has 24 heavy (non-hydrogen) atoms. The molecule has 0 aliphatic heterocycles. The van der Waals surface area contributed by atoms with E-state index in [1.165, 1.54) is 10.8 Å². The summed E-state index contributed by atoms with van der Waals surface area (Å²) in [5.74, 6) is 0. The minimum absolute atomic E-state index is 0.998. The Morgan fingerprint density at radius 2 is 1.17 bits per heavy atom. The van der Waals surface area contributed by atoms with Crippen molar-refractivity contribution in [2.75, 3.05) is 0 Å². The van der Waals surface area contributed by atoms with E-state index in [0.717, 1.165) is 10.9 Å². The molecule has 0 aliphatic carbocycles. The summed E-state index contributed by atoms with van der Waals surface area (Å²) in [5.41, 5.74) is 0.998. The zero-order valence-electron chi connectivity index (χ0n) is 14.8. The molecule has 0 aliphatic rings. The number of rotatable bonds is 0. The van der Waals surface area contributed by atoms with Crippen LogP contribution in [0, 0.1) is 0 Å². The molecule has 0 amide bonds. The second kappa shape index (κ2) is 11.7. The molecule has 0 atom stereocenters. The molecule has 4 rings (SSSR count). The summed E-state index contributed by atoms with van der Waals surface area (Å²) in [6.45, 7) is 8.00. The largest absolute Gasteiger partial charge is 0.264 e. The SMILES string of the molecule is CC.CC.c1ccc2cnccc2c1.c1ccc2ncncc2c1. The second-order valence-corrected chi connectivity index (χ2v) is 4.30. The number of fused-ring (bicyclic) bond motifs is 2. The van der Waals surface area contributed by atoms with Crippen molar-refractivity contribution in [1.29, 1.82) is 0 Å². The average molecular weight is 319 g/mol. The molecule has 4 aromatic rings. The zero-order valence-corrected chi connectivity index (χ0v) is 14.8. The van der Waals surface area contributed by atoms with Crippen LogP contribution in [-0.4, -0.2) is 15.0 Å². The van der Waals surface area contributed by atoms with E-state index in [1.807, 2.05) is 88.8 Å². The van der Waals surface area contributed by atoms with Gasteiger partial charge in [-0.05, 0) is 22.9 Å². The van der Waals surface area contributed by atoms with Crippen LogP contribution in [0.1, 0.15) is 27.7 Å². The van der Waals surface area contributed by atoms with Crippen LogP contribution in [0.25, 0.3) is 21.7 Å². The molecule has 0 saturated carbocycles. The smallest absolute Gasteiger partial charge is 0.116 e. The van der Waals surface area contributed by atoms with Gasteiger partial charge in [-0.3, -0.25) is 4.98 Å². The quantitative estimate of drug-likeness (QED) is 0.404. The van der Waals surface area contributed by atoms with Crippen molar-refractivity contribution in [3.63, 3.8) is 0 Å². The molecule has 0 fully saturated rings. The number of para-hydroxylation sites is 1. The normalized spacial score (nSPS) is 8.83. The van der Waals surface area contributed by atoms with Crippen LogP contribution in [0.2, 0.25) is 0 Å². The third kappa shape index (κ3) is 5.76. The van der Waals surface area contributed by atoms with Gasteiger partial charge in [0.2, 0.25) is 0 Å². The summed E-state index contributed by atoms with van der Waals surface area (Å²) >= 11 is 0. The topological polar surface area (TPSA) is 38.7 Å². The third-order valence-electron chi connectivity index (χ3n) is 2.96. The van der Waals surface area contributed by atoms with Crippen molar-refractivity contribution >= 4 is 21.7 Å². The highest BCUT2D eigenvalue weighted by Crippen LogP contribution is 2.09. The number of benzene rings is 2. The lowest BCUT2D eigenvalue weighted by molar-refractivity contribution is 1.22. The van der Waals surface area contributed by atoms with Crippen LogP contribution in [0.15, 0.2) is 79.5 Å². The third-order valence-corrected chi connectivity index (χ3v) is 2.96. The number of hydrogen-bond acceptors (Lipinski definition) is 3. The minimum Gasteiger partial charge on any atom is -0.264 e. The Morgan fingerprint density at radius 3 is 1.83 bits per heavy atom. The predicted molar refractivity (Wildman–Crippen MR) is 104 cm³/mol. The lowest BCUT2D eigenvalue weighted by Crippen LogP contribution is -1.77. The molecule has 0 bridgehead atoms. The molecule has 0 radical (unpaired) electrons. The van der Waals surface area contributed by atoms with Crippen molar-refractivity contribution in [3.8, 4) is 0 Å². The van der Waals surface area contributed by atoms with Crippen LogP contribution in [0.5, 0.6) is 0 Å². The van der Waals surface area contributed by atoms with Gasteiger partial charge < -0.3 is 0 Å². The van der Waals surface area contributed by atoms with E-state index >= 15 is 0 Å². The van der Waals surface area contributed by atoms with Crippen LogP contribution in [0.4, 0.5) is 0 Å². The highest BCUT2D eigenvalue weighted by atomic mass is 14.8. The van der Waals surface area contributed by atoms with E-state index in [-0.39, 0.29) is 0 Å². The Balaban J connectivity index is 0.000000199. The van der Waals surface area contributed by atoms with Crippen molar-refractivity contribution in [1.82, 2.24) is 15.0 Å². The number of pyridine rings is 1. The molecule has 3 heteroatoms. The van der Waals surface area contributed by atoms with Gasteiger partial charge >= 0.3 is 0 Å². The van der Waals surface area contributed by atoms with E-state index < -0.39 is 0 Å². The molecular formula is C21H25N3. The van der Waals surface area contributed by atoms with Crippen LogP contribution < -0.4 is 0 Å². The summed E-state index contributed by atoms with van der Waals surface area (Å²) in [5, 5.41) is 3.53. The van der Waals surface area contributed by atoms with E-state index in [2.05, 4.69) is 27.1 Å². The Bertz CT molecular complexity index is 626. The fourth-order valence-electron chi connectivity index (χ4n) is 1.95. The Kier molecular flexibility index (Phi) is 9.39. The molecule has 2 heterocycles. The summed E-state index contributed by atoms with van der Waals surface area (Å²) in [7, 11) is 0. The van der Waals surface area contributed by atoms with Gasteiger partial charge in [-0.15, -0.1) is 0 Å². The number of nitrogens with zero attached hydrogens (tertiary/aromatic N) is 3. The van der Waals surface area contributed by atoms with Gasteiger partial charge in [0.15, 0.2) is 0 Å². The van der Waals surface area contributed by atoms with Gasteiger partial charge in [-0.2, -0.15) is 0 Å². The van der Waals surface area contributed by atoms with Gasteiger partial charge in [-0.1, -0.05) is 70.2 Å². The maximum atomic E-state index is 4.07. The second-order valence-electron chi connectivity index (χ2n) is 4.30. The maximum absolute atomic E-state index is 4.07. The first-order valence-electron chi connectivity index (χ1n) is 8.37. The van der Waals surface area contributed by atoms with E-state index in [1.54, 1.807) is 6.33 Å². The van der Waals surface area contributed by atoms with Crippen molar-refractivity contribution in [2.45, 2.75) is 27.7 Å². The van der Waals surface area contributed by atoms with E-state index in [4.69, 9.17) is 0 Å². The minimum atomic E-state index is 0.998. The first-order chi connectivity index (χ1) is 11.9. The molecule has 2 aromatic carbocycles. The zero-order chi connectivity index (χ0) is 17.6. The lowest BCUT2D eigenvalue weighted by Gasteiger charge is -1.91. The molecule has 3 nitrogen and oxygen atoms in total. The van der Waals surface area contributed by atoms with Crippen LogP contribution in [-0.2, 0) is 0 Å². The molecule has 0 saturated heterocycles. The first-order valence-corrected chi connectivity index (χ1v) is 8.37. The summed E-state index contributed by atoms with van der Waals surface area (Å²) in [6, 6.07) is 18.1. The fourth-order valence-corrected chi connectivity index (χ4v) is 1.95. The summed E-state index contributed by atoms with van der Waals surface area (Å²) in [4.78, 5) is 12.0. The monoisotopic (exact) mass is 319 g/mol. The molecular weight excluding hydrogens is 294 g/mol. The molecule has 2 aromatic heterocycles. The molecule has 124 valence electrons. The highest BCUT2D eigenvalue weighted by Gasteiger charge is 1.88. The molecule has 0 N–H and O–H groups in total. The Labute approximate surface area is 144 Å². The van der Waals surface area contributed by atoms with Gasteiger partial charge in [-0.25, -0.2) is 9.97 Å². The van der Waals surface area contributed by atoms with Gasteiger partial charge in [0.25, 0.3) is 0 Å². The molecule has 0 unspecified atom stereocenters. The standard InChI is InChI=1S/C9H7N.C8H6N2.2C2H6/c1-2-4-9-7-10-6-5-8(9)3-1;1-2-4-8-7(3-1)5-9-6-10-8;2*1-2/h1-7H;1-6H;2*1-2H3. The van der Waals surface area contributed by atoms with Crippen molar-refractivity contribution < 1.29 is 0 Å². The van der Waals surface area contributed by atoms with E-state index in [9.17, 15) is 0 Å². The highest BCUT2D eigenvalue weighted by molar-refractivity contribution is 5.81. The van der Waals surface area contributed by atoms with Gasteiger partial charge in [0, 0.05) is 24.0 Å². The average Bonchev–Trinajstić information content (AvgIpc) is 2.72. The molecule has 0 spiro atoms. The van der Waals surface area contributed by atoms with Gasteiger partial charge in [0.1, 0.15) is 6.33 Å². The predicted octanol–water partition coefficient (Wildman–Crippen LogP) is 5.92. The lowest BCUT2D eigenvalue weighted by atomic mass is 10.2. The summed E-state index contributed by atoms with van der Waals surface area (Å²) in [6.07, 6.45) is 7.04. The fraction of sp³-hybridized carbons (Fsp3) is 0.190. The Morgan fingerprint density at radius 1 is 0.583 bits per heavy atom.